The predicted octanol–water partition coefficient (Wildman–Crippen LogP) is 2.19. The Kier molecular flexibility index (Phi) is 4.21. The number of rotatable bonds is 4. The smallest absolute Gasteiger partial charge is 0.281 e. The first kappa shape index (κ1) is 12.7. The number of nitroso groups, excluding NO2 is 1. The van der Waals surface area contributed by atoms with Crippen LogP contribution >= 0.6 is 0 Å². The highest BCUT2D eigenvalue weighted by molar-refractivity contribution is 6.04. The van der Waals surface area contributed by atoms with Crippen molar-refractivity contribution >= 4 is 11.6 Å². The molecule has 1 rings (SSSR count). The van der Waals surface area contributed by atoms with Crippen LogP contribution in [0.25, 0.3) is 0 Å². The van der Waals surface area contributed by atoms with Gasteiger partial charge in [0.25, 0.3) is 5.91 Å². The second-order valence-corrected chi connectivity index (χ2v) is 3.18. The van der Waals surface area contributed by atoms with Crippen molar-refractivity contribution < 1.29 is 14.6 Å². The number of carbonyl (C=O) groups excluding carboxylic acids is 1. The lowest BCUT2D eigenvalue weighted by Crippen LogP contribution is -2.15. The molecule has 1 aromatic rings. The van der Waals surface area contributed by atoms with E-state index in [2.05, 4.69) is 10.5 Å². The first-order valence-corrected chi connectivity index (χ1v) is 4.77. The minimum absolute atomic E-state index is 0.391. The van der Waals surface area contributed by atoms with Crippen molar-refractivity contribution in [3.8, 4) is 5.75 Å². The maximum Gasteiger partial charge on any atom is 0.281 e. The van der Waals surface area contributed by atoms with Crippen LogP contribution in [-0.2, 0) is 4.79 Å². The van der Waals surface area contributed by atoms with Crippen LogP contribution in [0.2, 0.25) is 0 Å². The van der Waals surface area contributed by atoms with Crippen molar-refractivity contribution in [1.29, 1.82) is 0 Å². The van der Waals surface area contributed by atoms with Crippen LogP contribution in [0.15, 0.2) is 40.9 Å². The third kappa shape index (κ3) is 3.04. The maximum absolute atomic E-state index is 11.6. The van der Waals surface area contributed by atoms with Crippen LogP contribution < -0.4 is 10.1 Å². The van der Waals surface area contributed by atoms with Crippen LogP contribution in [0.1, 0.15) is 6.92 Å². The number of methoxy groups -OCH3 is 1. The molecule has 0 aliphatic heterocycles. The topological polar surface area (TPSA) is 88.0 Å². The molecule has 0 spiro atoms. The number of aliphatic hydroxyl groups excluding tert-OH is 1. The molecule has 2 N–H and O–H groups in total. The summed E-state index contributed by atoms with van der Waals surface area (Å²) in [6.07, 6.45) is 0. The van der Waals surface area contributed by atoms with E-state index < -0.39 is 17.4 Å². The molecule has 17 heavy (non-hydrogen) atoms. The Hall–Kier alpha value is -2.37. The van der Waals surface area contributed by atoms with E-state index in [1.165, 1.54) is 14.0 Å². The number of nitrogens with one attached hydrogen (secondary N) is 1. The lowest BCUT2D eigenvalue weighted by molar-refractivity contribution is -0.113. The Morgan fingerprint density at radius 1 is 1.41 bits per heavy atom. The van der Waals surface area contributed by atoms with Crippen molar-refractivity contribution in [3.05, 3.63) is 40.6 Å². The van der Waals surface area contributed by atoms with Crippen molar-refractivity contribution in [2.24, 2.45) is 5.18 Å². The first-order valence-electron chi connectivity index (χ1n) is 4.77. The van der Waals surface area contributed by atoms with E-state index in [0.717, 1.165) is 0 Å². The Balaban J connectivity index is 2.96. The number of anilines is 1. The molecule has 0 heterocycles. The summed E-state index contributed by atoms with van der Waals surface area (Å²) < 4.78 is 5.02. The van der Waals surface area contributed by atoms with Crippen molar-refractivity contribution in [2.45, 2.75) is 6.92 Å². The largest absolute Gasteiger partial charge is 0.510 e. The molecule has 0 radical (unpaired) electrons. The van der Waals surface area contributed by atoms with E-state index >= 15 is 0 Å². The number of aliphatic hydroxyl groups is 1. The van der Waals surface area contributed by atoms with E-state index in [-0.39, 0.29) is 0 Å². The number of hydrogen-bond acceptors (Lipinski definition) is 5. The molecule has 1 aromatic carbocycles. The van der Waals surface area contributed by atoms with Crippen molar-refractivity contribution in [2.75, 3.05) is 12.4 Å². The molecule has 0 unspecified atom stereocenters. The lowest BCUT2D eigenvalue weighted by atomic mass is 10.2. The number of nitrogens with zero attached hydrogens (tertiary/aromatic N) is 1. The Morgan fingerprint density at radius 3 is 2.59 bits per heavy atom. The summed E-state index contributed by atoms with van der Waals surface area (Å²) in [4.78, 5) is 21.9. The zero-order valence-corrected chi connectivity index (χ0v) is 9.43. The summed E-state index contributed by atoms with van der Waals surface area (Å²) >= 11 is 0. The number of ether oxygens (including phenoxy) is 1. The molecule has 0 saturated heterocycles. The van der Waals surface area contributed by atoms with Crippen LogP contribution in [-0.4, -0.2) is 18.1 Å². The SMILES string of the molecule is COc1ccccc1NC(=O)/C(N=O)=C(\C)O. The third-order valence-electron chi connectivity index (χ3n) is 2.00. The van der Waals surface area contributed by atoms with Crippen molar-refractivity contribution in [1.82, 2.24) is 0 Å². The summed E-state index contributed by atoms with van der Waals surface area (Å²) in [6.45, 7) is 1.21. The van der Waals surface area contributed by atoms with Gasteiger partial charge in [-0.3, -0.25) is 4.79 Å². The Bertz CT molecular complexity index is 464. The average Bonchev–Trinajstić information content (AvgIpc) is 2.30. The average molecular weight is 236 g/mol. The maximum atomic E-state index is 11.6. The minimum atomic E-state index is -0.788. The van der Waals surface area contributed by atoms with Gasteiger partial charge in [-0.1, -0.05) is 12.1 Å². The Labute approximate surface area is 97.9 Å². The van der Waals surface area contributed by atoms with Gasteiger partial charge in [-0.25, -0.2) is 0 Å². The second kappa shape index (κ2) is 5.64. The number of benzene rings is 1. The van der Waals surface area contributed by atoms with E-state index in [1.807, 2.05) is 0 Å². The molecule has 0 fully saturated rings. The van der Waals surface area contributed by atoms with Gasteiger partial charge in [0, 0.05) is 0 Å². The van der Waals surface area contributed by atoms with Gasteiger partial charge in [-0.15, -0.1) is 4.91 Å². The van der Waals surface area contributed by atoms with Gasteiger partial charge in [0.15, 0.2) is 0 Å². The van der Waals surface area contributed by atoms with E-state index in [1.54, 1.807) is 24.3 Å². The molecular formula is C11H12N2O4. The molecule has 90 valence electrons. The fraction of sp³-hybridized carbons (Fsp3) is 0.182. The third-order valence-corrected chi connectivity index (χ3v) is 2.00. The highest BCUT2D eigenvalue weighted by Gasteiger charge is 2.15. The van der Waals surface area contributed by atoms with E-state index in [9.17, 15) is 9.70 Å². The lowest BCUT2D eigenvalue weighted by Gasteiger charge is -2.09. The molecule has 0 aromatic heterocycles. The molecule has 0 saturated carbocycles. The summed E-state index contributed by atoms with van der Waals surface area (Å²) in [6, 6.07) is 6.69. The quantitative estimate of drug-likeness (QED) is 0.476. The number of hydrogen-bond donors (Lipinski definition) is 2. The second-order valence-electron chi connectivity index (χ2n) is 3.18. The van der Waals surface area contributed by atoms with Crippen LogP contribution in [0, 0.1) is 4.91 Å². The van der Waals surface area contributed by atoms with Gasteiger partial charge in [0.1, 0.15) is 11.5 Å². The molecule has 1 amide bonds. The summed E-state index contributed by atoms with van der Waals surface area (Å²) in [5.41, 5.74) is -0.168. The van der Waals surface area contributed by atoms with E-state index in [0.29, 0.717) is 11.4 Å². The summed E-state index contributed by atoms with van der Waals surface area (Å²) in [5.74, 6) is -0.779. The predicted molar refractivity (Wildman–Crippen MR) is 62.7 cm³/mol. The number of para-hydroxylation sites is 2. The van der Waals surface area contributed by atoms with Gasteiger partial charge in [0.2, 0.25) is 5.70 Å². The van der Waals surface area contributed by atoms with Gasteiger partial charge in [-0.05, 0) is 24.2 Å². The standard InChI is InChI=1S/C11H12N2O4/c1-7(14)10(13-16)11(15)12-8-5-3-4-6-9(8)17-2/h3-6,14H,1-2H3,(H,12,15)/b10-7-. The molecule has 0 aliphatic rings. The summed E-state index contributed by atoms with van der Waals surface area (Å²) in [7, 11) is 1.46. The van der Waals surface area contributed by atoms with Crippen LogP contribution in [0.4, 0.5) is 5.69 Å². The van der Waals surface area contributed by atoms with Gasteiger partial charge < -0.3 is 15.2 Å². The Morgan fingerprint density at radius 2 is 2.06 bits per heavy atom. The summed E-state index contributed by atoms with van der Waals surface area (Å²) in [5, 5.41) is 14.0. The number of carbonyl (C=O) groups is 1. The first-order chi connectivity index (χ1) is 8.10. The molecular weight excluding hydrogens is 224 g/mol. The van der Waals surface area contributed by atoms with Crippen molar-refractivity contribution in [3.63, 3.8) is 0 Å². The molecule has 6 heteroatoms. The monoisotopic (exact) mass is 236 g/mol. The van der Waals surface area contributed by atoms with Crippen LogP contribution in [0.5, 0.6) is 5.75 Å². The molecule has 6 nitrogen and oxygen atoms in total. The highest BCUT2D eigenvalue weighted by atomic mass is 16.5. The number of allylic oxidation sites excluding steroid dienone is 1. The molecule has 0 bridgehead atoms. The van der Waals surface area contributed by atoms with Crippen LogP contribution in [0.3, 0.4) is 0 Å². The highest BCUT2D eigenvalue weighted by Crippen LogP contribution is 2.23. The molecule has 0 atom stereocenters. The van der Waals surface area contributed by atoms with E-state index in [4.69, 9.17) is 9.84 Å². The zero-order chi connectivity index (χ0) is 12.8. The fourth-order valence-corrected chi connectivity index (χ4v) is 1.20. The van der Waals surface area contributed by atoms with Gasteiger partial charge >= 0.3 is 0 Å². The van der Waals surface area contributed by atoms with Gasteiger partial charge in [-0.2, -0.15) is 0 Å². The number of amides is 1. The minimum Gasteiger partial charge on any atom is -0.510 e. The van der Waals surface area contributed by atoms with Gasteiger partial charge in [0.05, 0.1) is 12.8 Å². The fourth-order valence-electron chi connectivity index (χ4n) is 1.20. The zero-order valence-electron chi connectivity index (χ0n) is 9.43. The normalized spacial score (nSPS) is 11.4. The molecule has 0 aliphatic carbocycles.